The van der Waals surface area contributed by atoms with E-state index in [1.807, 2.05) is 97.1 Å². The van der Waals surface area contributed by atoms with Crippen LogP contribution in [0.1, 0.15) is 35.1 Å². The number of ether oxygens (including phenoxy) is 4. The van der Waals surface area contributed by atoms with Gasteiger partial charge in [-0.05, 0) is 108 Å². The summed E-state index contributed by atoms with van der Waals surface area (Å²) in [4.78, 5) is 26.9. The number of carbonyl (C=O) groups is 2. The smallest absolute Gasteiger partial charge is 0.224 e. The number of carbonyl (C=O) groups excluding carboxylic acids is 2. The fraction of sp³-hybridized carbons (Fsp3) is 0.316. The van der Waals surface area contributed by atoms with Gasteiger partial charge in [0, 0.05) is 6.42 Å². The lowest BCUT2D eigenvalue weighted by molar-refractivity contribution is -0.138. The molecule has 0 aliphatic heterocycles. The maximum absolute atomic E-state index is 14.4. The minimum Gasteiger partial charge on any atom is -0.497 e. The molecule has 8 nitrogen and oxygen atoms in total. The van der Waals surface area contributed by atoms with Crippen LogP contribution in [0.2, 0.25) is 0 Å². The number of primary amides is 2. The summed E-state index contributed by atoms with van der Waals surface area (Å²) < 4.78 is 21.7. The highest BCUT2D eigenvalue weighted by Gasteiger charge is 2.55. The number of benzene rings is 4. The van der Waals surface area contributed by atoms with Crippen molar-refractivity contribution in [1.82, 2.24) is 0 Å². The lowest BCUT2D eigenvalue weighted by Gasteiger charge is -2.50. The van der Waals surface area contributed by atoms with E-state index in [1.165, 1.54) is 0 Å². The van der Waals surface area contributed by atoms with Crippen molar-refractivity contribution in [2.24, 2.45) is 22.3 Å². The Morgan fingerprint density at radius 3 is 1.02 bits per heavy atom. The number of rotatable bonds is 17. The van der Waals surface area contributed by atoms with Crippen LogP contribution < -0.4 is 30.4 Å². The van der Waals surface area contributed by atoms with Gasteiger partial charge in [-0.25, -0.2) is 0 Å². The standard InChI is InChI=1S/C38H44N2O6/c1-43-31-13-5-27(6-14-31)23-37(22-21-35(39)41,24-28-7-15-32(44-2)16-8-28)38(36(40)42,25-29-9-17-33(45-3)18-10-29)26-30-11-19-34(46-4)20-12-30/h5-20H,21-26H2,1-4H3,(H2,39,41)(H2,40,42). The van der Waals surface area contributed by atoms with Crippen LogP contribution in [0, 0.1) is 10.8 Å². The van der Waals surface area contributed by atoms with Gasteiger partial charge in [0.25, 0.3) is 0 Å². The van der Waals surface area contributed by atoms with E-state index >= 15 is 0 Å². The van der Waals surface area contributed by atoms with Gasteiger partial charge in [0.1, 0.15) is 23.0 Å². The summed E-state index contributed by atoms with van der Waals surface area (Å²) in [6, 6.07) is 31.0. The van der Waals surface area contributed by atoms with E-state index in [0.29, 0.717) is 43.6 Å². The first-order chi connectivity index (χ1) is 22.2. The third kappa shape index (κ3) is 7.99. The molecule has 4 aromatic rings. The zero-order valence-electron chi connectivity index (χ0n) is 27.1. The fourth-order valence-corrected chi connectivity index (χ4v) is 6.50. The van der Waals surface area contributed by atoms with Gasteiger partial charge in [0.2, 0.25) is 11.8 Å². The molecule has 0 radical (unpaired) electrons. The molecule has 8 heteroatoms. The first-order valence-electron chi connectivity index (χ1n) is 15.3. The summed E-state index contributed by atoms with van der Waals surface area (Å²) in [6.07, 6.45) is 1.95. The maximum atomic E-state index is 14.4. The minimum atomic E-state index is -1.18. The largest absolute Gasteiger partial charge is 0.497 e. The Kier molecular flexibility index (Phi) is 11.3. The van der Waals surface area contributed by atoms with E-state index in [0.717, 1.165) is 33.8 Å². The molecular formula is C38H44N2O6. The second kappa shape index (κ2) is 15.3. The highest BCUT2D eigenvalue weighted by atomic mass is 16.5. The molecule has 0 aliphatic rings. The number of hydrogen-bond donors (Lipinski definition) is 2. The van der Waals surface area contributed by atoms with Crippen LogP contribution in [0.4, 0.5) is 0 Å². The van der Waals surface area contributed by atoms with E-state index in [4.69, 9.17) is 30.4 Å². The van der Waals surface area contributed by atoms with Crippen molar-refractivity contribution in [3.8, 4) is 23.0 Å². The summed E-state index contributed by atoms with van der Waals surface area (Å²) in [7, 11) is 6.48. The molecule has 0 fully saturated rings. The quantitative estimate of drug-likeness (QED) is 0.155. The summed E-state index contributed by atoms with van der Waals surface area (Å²) in [5, 5.41) is 0. The predicted molar refractivity (Wildman–Crippen MR) is 179 cm³/mol. The molecule has 0 spiro atoms. The Labute approximate surface area is 271 Å². The third-order valence-corrected chi connectivity index (χ3v) is 9.07. The summed E-state index contributed by atoms with van der Waals surface area (Å²) in [5.74, 6) is 1.96. The summed E-state index contributed by atoms with van der Waals surface area (Å²) >= 11 is 0. The molecule has 2 amide bonds. The van der Waals surface area contributed by atoms with Gasteiger partial charge >= 0.3 is 0 Å². The van der Waals surface area contributed by atoms with Crippen molar-refractivity contribution in [2.75, 3.05) is 28.4 Å². The van der Waals surface area contributed by atoms with Crippen LogP contribution in [-0.2, 0) is 35.3 Å². The van der Waals surface area contributed by atoms with Crippen LogP contribution in [0.15, 0.2) is 97.1 Å². The molecule has 4 N–H and O–H groups in total. The average Bonchev–Trinajstić information content (AvgIpc) is 3.08. The van der Waals surface area contributed by atoms with Crippen molar-refractivity contribution in [2.45, 2.75) is 38.5 Å². The monoisotopic (exact) mass is 624 g/mol. The molecular weight excluding hydrogens is 580 g/mol. The SMILES string of the molecule is COc1ccc(CC(CCC(N)=O)(Cc2ccc(OC)cc2)C(Cc2ccc(OC)cc2)(Cc2ccc(OC)cc2)C(N)=O)cc1. The molecule has 0 atom stereocenters. The van der Waals surface area contributed by atoms with Gasteiger partial charge in [-0.15, -0.1) is 0 Å². The van der Waals surface area contributed by atoms with Crippen LogP contribution in [-0.4, -0.2) is 40.3 Å². The first kappa shape index (κ1) is 33.9. The Bertz CT molecular complexity index is 1470. The van der Waals surface area contributed by atoms with E-state index in [-0.39, 0.29) is 6.42 Å². The molecule has 0 heterocycles. The fourth-order valence-electron chi connectivity index (χ4n) is 6.50. The predicted octanol–water partition coefficient (Wildman–Crippen LogP) is 5.72. The molecule has 4 rings (SSSR count). The number of nitrogens with two attached hydrogens (primary N) is 2. The first-order valence-corrected chi connectivity index (χ1v) is 15.3. The minimum absolute atomic E-state index is 0.0760. The highest BCUT2D eigenvalue weighted by Crippen LogP contribution is 2.52. The number of amides is 2. The van der Waals surface area contributed by atoms with Crippen LogP contribution in [0.25, 0.3) is 0 Å². The molecule has 0 saturated carbocycles. The average molecular weight is 625 g/mol. The highest BCUT2D eigenvalue weighted by molar-refractivity contribution is 5.83. The van der Waals surface area contributed by atoms with E-state index < -0.39 is 22.6 Å². The van der Waals surface area contributed by atoms with E-state index in [2.05, 4.69) is 0 Å². The van der Waals surface area contributed by atoms with E-state index in [1.54, 1.807) is 28.4 Å². The Morgan fingerprint density at radius 2 is 0.783 bits per heavy atom. The zero-order valence-corrected chi connectivity index (χ0v) is 27.1. The summed E-state index contributed by atoms with van der Waals surface area (Å²) in [6.45, 7) is 0. The van der Waals surface area contributed by atoms with Gasteiger partial charge < -0.3 is 30.4 Å². The third-order valence-electron chi connectivity index (χ3n) is 9.07. The number of hydrogen-bond acceptors (Lipinski definition) is 6. The molecule has 0 unspecified atom stereocenters. The van der Waals surface area contributed by atoms with Crippen LogP contribution in [0.5, 0.6) is 23.0 Å². The molecule has 0 bridgehead atoms. The van der Waals surface area contributed by atoms with Gasteiger partial charge in [-0.3, -0.25) is 9.59 Å². The van der Waals surface area contributed by atoms with Crippen molar-refractivity contribution in [1.29, 1.82) is 0 Å². The summed E-state index contributed by atoms with van der Waals surface area (Å²) in [5.41, 5.74) is 14.2. The van der Waals surface area contributed by atoms with Crippen LogP contribution >= 0.6 is 0 Å². The Morgan fingerprint density at radius 1 is 0.500 bits per heavy atom. The normalized spacial score (nSPS) is 11.5. The van der Waals surface area contributed by atoms with Crippen molar-refractivity contribution < 1.29 is 28.5 Å². The molecule has 46 heavy (non-hydrogen) atoms. The molecule has 0 saturated heterocycles. The Balaban J connectivity index is 2.00. The second-order valence-corrected chi connectivity index (χ2v) is 11.8. The lowest BCUT2D eigenvalue weighted by Crippen LogP contribution is -2.56. The maximum Gasteiger partial charge on any atom is 0.224 e. The topological polar surface area (TPSA) is 123 Å². The lowest BCUT2D eigenvalue weighted by atomic mass is 9.52. The van der Waals surface area contributed by atoms with Gasteiger partial charge in [0.05, 0.1) is 33.9 Å². The molecule has 4 aromatic carbocycles. The zero-order chi connectivity index (χ0) is 33.2. The van der Waals surface area contributed by atoms with Gasteiger partial charge in [0.15, 0.2) is 0 Å². The molecule has 0 aromatic heterocycles. The van der Waals surface area contributed by atoms with Gasteiger partial charge in [-0.2, -0.15) is 0 Å². The van der Waals surface area contributed by atoms with Crippen molar-refractivity contribution in [3.05, 3.63) is 119 Å². The van der Waals surface area contributed by atoms with Crippen molar-refractivity contribution >= 4 is 11.8 Å². The van der Waals surface area contributed by atoms with Gasteiger partial charge in [-0.1, -0.05) is 48.5 Å². The van der Waals surface area contributed by atoms with E-state index in [9.17, 15) is 9.59 Å². The molecule has 0 aliphatic carbocycles. The van der Waals surface area contributed by atoms with Crippen molar-refractivity contribution in [3.63, 3.8) is 0 Å². The second-order valence-electron chi connectivity index (χ2n) is 11.8. The number of methoxy groups -OCH3 is 4. The van der Waals surface area contributed by atoms with Crippen LogP contribution in [0.3, 0.4) is 0 Å². The molecule has 242 valence electrons. The Hall–Kier alpha value is -4.98.